The number of fused-ring (bicyclic) bond motifs is 1. The minimum absolute atomic E-state index is 0.169. The van der Waals surface area contributed by atoms with E-state index < -0.39 is 0 Å². The van der Waals surface area contributed by atoms with Crippen molar-refractivity contribution in [1.82, 2.24) is 9.55 Å². The summed E-state index contributed by atoms with van der Waals surface area (Å²) in [5.74, 6) is 4.33. The van der Waals surface area contributed by atoms with Crippen molar-refractivity contribution in [3.63, 3.8) is 0 Å². The summed E-state index contributed by atoms with van der Waals surface area (Å²) in [7, 11) is 0. The summed E-state index contributed by atoms with van der Waals surface area (Å²) < 4.78 is 2.15. The minimum Gasteiger partial charge on any atom is -0.391 e. The van der Waals surface area contributed by atoms with Crippen LogP contribution in [0.3, 0.4) is 0 Å². The number of hydrogen-bond acceptors (Lipinski definition) is 3. The predicted octanol–water partition coefficient (Wildman–Crippen LogP) is 1.41. The Morgan fingerprint density at radius 2 is 2.40 bits per heavy atom. The second kappa shape index (κ2) is 3.83. The Labute approximate surface area is 93.9 Å². The number of rotatable bonds is 1. The molecule has 2 unspecified atom stereocenters. The highest BCUT2D eigenvalue weighted by Gasteiger charge is 2.24. The van der Waals surface area contributed by atoms with Gasteiger partial charge in [-0.05, 0) is 18.6 Å². The summed E-state index contributed by atoms with van der Waals surface area (Å²) in [6.07, 6.45) is 5.06. The molecule has 82 valence electrons. The summed E-state index contributed by atoms with van der Waals surface area (Å²) in [6, 6.07) is 0. The summed E-state index contributed by atoms with van der Waals surface area (Å²) in [6.45, 7) is 0.738. The van der Waals surface area contributed by atoms with Crippen LogP contribution in [-0.2, 0) is 13.0 Å². The summed E-state index contributed by atoms with van der Waals surface area (Å²) in [4.78, 5) is 4.71. The van der Waals surface area contributed by atoms with Crippen LogP contribution in [0.1, 0.15) is 30.3 Å². The van der Waals surface area contributed by atoms with Gasteiger partial charge in [-0.1, -0.05) is 0 Å². The van der Waals surface area contributed by atoms with Crippen molar-refractivity contribution in [3.8, 4) is 0 Å². The lowest BCUT2D eigenvalue weighted by atomic mass is 10.1. The maximum Gasteiger partial charge on any atom is 0.109 e. The van der Waals surface area contributed by atoms with Crippen molar-refractivity contribution in [1.29, 1.82) is 0 Å². The topological polar surface area (TPSA) is 38.1 Å². The van der Waals surface area contributed by atoms with Crippen molar-refractivity contribution < 1.29 is 5.11 Å². The minimum atomic E-state index is -0.169. The van der Waals surface area contributed by atoms with Crippen LogP contribution in [0.2, 0.25) is 0 Å². The Kier molecular flexibility index (Phi) is 2.48. The van der Waals surface area contributed by atoms with Gasteiger partial charge in [0.25, 0.3) is 0 Å². The Hall–Kier alpha value is -0.480. The molecule has 1 aromatic rings. The molecular formula is C11H16N2OS. The van der Waals surface area contributed by atoms with Crippen molar-refractivity contribution >= 4 is 11.8 Å². The first kappa shape index (κ1) is 9.73. The standard InChI is InChI=1S/C11H16N2OS/c14-9-1-2-11-12-10(6-13(11)5-9)8-3-4-15-7-8/h6,8-9,14H,1-5,7H2. The molecule has 1 aromatic heterocycles. The molecule has 0 saturated carbocycles. The second-order valence-corrected chi connectivity index (χ2v) is 5.64. The van der Waals surface area contributed by atoms with Gasteiger partial charge < -0.3 is 9.67 Å². The number of nitrogens with zero attached hydrogens (tertiary/aromatic N) is 2. The third kappa shape index (κ3) is 1.81. The summed E-state index contributed by atoms with van der Waals surface area (Å²) >= 11 is 2.02. The highest BCUT2D eigenvalue weighted by atomic mass is 32.2. The van der Waals surface area contributed by atoms with Gasteiger partial charge in [0.2, 0.25) is 0 Å². The van der Waals surface area contributed by atoms with E-state index in [1.807, 2.05) is 11.8 Å². The molecule has 3 nitrogen and oxygen atoms in total. The molecule has 3 heterocycles. The molecule has 2 atom stereocenters. The summed E-state index contributed by atoms with van der Waals surface area (Å²) in [5.41, 5.74) is 1.25. The molecule has 0 aliphatic carbocycles. The first-order chi connectivity index (χ1) is 7.33. The van der Waals surface area contributed by atoms with E-state index in [-0.39, 0.29) is 6.10 Å². The molecular weight excluding hydrogens is 208 g/mol. The van der Waals surface area contributed by atoms with Crippen LogP contribution >= 0.6 is 11.8 Å². The maximum absolute atomic E-state index is 9.58. The molecule has 1 saturated heterocycles. The fourth-order valence-corrected chi connectivity index (χ4v) is 3.65. The van der Waals surface area contributed by atoms with Crippen LogP contribution < -0.4 is 0 Å². The van der Waals surface area contributed by atoms with Crippen molar-refractivity contribution in [2.75, 3.05) is 11.5 Å². The van der Waals surface area contributed by atoms with Crippen LogP contribution in [0.4, 0.5) is 0 Å². The SMILES string of the molecule is OC1CCc2nc(C3CCSC3)cn2C1. The Balaban J connectivity index is 1.85. The first-order valence-corrected chi connectivity index (χ1v) is 6.80. The lowest BCUT2D eigenvalue weighted by Gasteiger charge is -2.18. The Bertz CT molecular complexity index is 357. The molecule has 0 amide bonds. The zero-order chi connectivity index (χ0) is 10.3. The summed E-state index contributed by atoms with van der Waals surface area (Å²) in [5, 5.41) is 9.58. The number of aromatic nitrogens is 2. The number of hydrogen-bond donors (Lipinski definition) is 1. The van der Waals surface area contributed by atoms with Crippen LogP contribution in [0.5, 0.6) is 0 Å². The highest BCUT2D eigenvalue weighted by Crippen LogP contribution is 2.32. The lowest BCUT2D eigenvalue weighted by molar-refractivity contribution is 0.130. The van der Waals surface area contributed by atoms with Gasteiger partial charge in [0.15, 0.2) is 0 Å². The van der Waals surface area contributed by atoms with Gasteiger partial charge in [-0.25, -0.2) is 4.98 Å². The molecule has 1 N–H and O–H groups in total. The van der Waals surface area contributed by atoms with Gasteiger partial charge in [0.1, 0.15) is 5.82 Å². The van der Waals surface area contributed by atoms with Crippen LogP contribution in [0.25, 0.3) is 0 Å². The normalized spacial score (nSPS) is 30.5. The average molecular weight is 224 g/mol. The molecule has 1 fully saturated rings. The van der Waals surface area contributed by atoms with E-state index >= 15 is 0 Å². The van der Waals surface area contributed by atoms with E-state index in [2.05, 4.69) is 10.8 Å². The quantitative estimate of drug-likeness (QED) is 0.784. The molecule has 3 rings (SSSR count). The van der Waals surface area contributed by atoms with Crippen LogP contribution in [-0.4, -0.2) is 32.3 Å². The van der Waals surface area contributed by atoms with E-state index in [9.17, 15) is 5.11 Å². The van der Waals surface area contributed by atoms with Gasteiger partial charge in [0, 0.05) is 30.8 Å². The largest absolute Gasteiger partial charge is 0.391 e. The molecule has 15 heavy (non-hydrogen) atoms. The first-order valence-electron chi connectivity index (χ1n) is 5.64. The second-order valence-electron chi connectivity index (χ2n) is 4.49. The number of aliphatic hydroxyl groups excluding tert-OH is 1. The van der Waals surface area contributed by atoms with Gasteiger partial charge >= 0.3 is 0 Å². The van der Waals surface area contributed by atoms with Crippen molar-refractivity contribution in [2.45, 2.75) is 37.8 Å². The molecule has 0 aromatic carbocycles. The third-order valence-electron chi connectivity index (χ3n) is 3.33. The van der Waals surface area contributed by atoms with Gasteiger partial charge in [0.05, 0.1) is 11.8 Å². The number of aliphatic hydroxyl groups is 1. The molecule has 4 heteroatoms. The van der Waals surface area contributed by atoms with Gasteiger partial charge in [-0.2, -0.15) is 11.8 Å². The monoisotopic (exact) mass is 224 g/mol. The van der Waals surface area contributed by atoms with Crippen LogP contribution in [0, 0.1) is 0 Å². The van der Waals surface area contributed by atoms with Crippen LogP contribution in [0.15, 0.2) is 6.20 Å². The van der Waals surface area contributed by atoms with E-state index in [1.54, 1.807) is 0 Å². The van der Waals surface area contributed by atoms with E-state index in [0.717, 1.165) is 19.4 Å². The van der Waals surface area contributed by atoms with Gasteiger partial charge in [-0.3, -0.25) is 0 Å². The number of imidazole rings is 1. The Morgan fingerprint density at radius 3 is 3.20 bits per heavy atom. The zero-order valence-corrected chi connectivity index (χ0v) is 9.54. The number of aryl methyl sites for hydroxylation is 1. The average Bonchev–Trinajstić information content (AvgIpc) is 2.84. The predicted molar refractivity (Wildman–Crippen MR) is 61.2 cm³/mol. The fraction of sp³-hybridized carbons (Fsp3) is 0.727. The maximum atomic E-state index is 9.58. The van der Waals surface area contributed by atoms with Crippen molar-refractivity contribution in [3.05, 3.63) is 17.7 Å². The van der Waals surface area contributed by atoms with Crippen molar-refractivity contribution in [2.24, 2.45) is 0 Å². The zero-order valence-electron chi connectivity index (χ0n) is 8.72. The molecule has 2 aliphatic heterocycles. The van der Waals surface area contributed by atoms with E-state index in [1.165, 1.54) is 29.4 Å². The highest BCUT2D eigenvalue weighted by molar-refractivity contribution is 7.99. The Morgan fingerprint density at radius 1 is 1.47 bits per heavy atom. The molecule has 0 spiro atoms. The number of thioether (sulfide) groups is 1. The smallest absolute Gasteiger partial charge is 0.109 e. The third-order valence-corrected chi connectivity index (χ3v) is 4.50. The lowest BCUT2D eigenvalue weighted by Crippen LogP contribution is -2.23. The molecule has 2 aliphatic rings. The fourth-order valence-electron chi connectivity index (χ4n) is 2.41. The molecule has 0 bridgehead atoms. The van der Waals surface area contributed by atoms with E-state index in [0.29, 0.717) is 5.92 Å². The van der Waals surface area contributed by atoms with E-state index in [4.69, 9.17) is 4.98 Å². The van der Waals surface area contributed by atoms with Gasteiger partial charge in [-0.15, -0.1) is 0 Å². The molecule has 0 radical (unpaired) electrons.